The van der Waals surface area contributed by atoms with Gasteiger partial charge in [-0.25, -0.2) is 4.79 Å². The van der Waals surface area contributed by atoms with Gasteiger partial charge in [0.25, 0.3) is 0 Å². The van der Waals surface area contributed by atoms with Crippen LogP contribution in [0.2, 0.25) is 0 Å². The highest BCUT2D eigenvalue weighted by Crippen LogP contribution is 2.21. The third-order valence-corrected chi connectivity index (χ3v) is 5.03. The Morgan fingerprint density at radius 3 is 2.00 bits per heavy atom. The Kier molecular flexibility index (Phi) is 5.79. The molecule has 0 aromatic heterocycles. The molecule has 1 heterocycles. The van der Waals surface area contributed by atoms with Gasteiger partial charge in [-0.1, -0.05) is 26.0 Å². The molecule has 1 N–H and O–H groups in total. The molecule has 27 heavy (non-hydrogen) atoms. The van der Waals surface area contributed by atoms with Gasteiger partial charge in [-0.15, -0.1) is 0 Å². The molecule has 142 valence electrons. The number of ketones is 1. The number of hydrogen-bond acceptors (Lipinski definition) is 3. The van der Waals surface area contributed by atoms with Gasteiger partial charge in [0.05, 0.1) is 0 Å². The van der Waals surface area contributed by atoms with Gasteiger partial charge in [-0.2, -0.15) is 0 Å². The van der Waals surface area contributed by atoms with Gasteiger partial charge < -0.3 is 15.1 Å². The SMILES string of the molecule is CC(=O)c1ccc(NC(=O)N2CCN(c3ccc(C(C)C)cc3)CC2)cc1. The van der Waals surface area contributed by atoms with E-state index in [2.05, 4.69) is 48.3 Å². The number of urea groups is 1. The summed E-state index contributed by atoms with van der Waals surface area (Å²) in [5, 5.41) is 2.91. The molecule has 1 aliphatic heterocycles. The Labute approximate surface area is 161 Å². The van der Waals surface area contributed by atoms with Gasteiger partial charge in [-0.05, 0) is 54.8 Å². The molecule has 1 aliphatic rings. The van der Waals surface area contributed by atoms with E-state index < -0.39 is 0 Å². The quantitative estimate of drug-likeness (QED) is 0.819. The van der Waals surface area contributed by atoms with Gasteiger partial charge in [0, 0.05) is 43.1 Å². The number of nitrogens with zero attached hydrogens (tertiary/aromatic N) is 2. The lowest BCUT2D eigenvalue weighted by molar-refractivity contribution is 0.101. The normalized spacial score (nSPS) is 14.4. The minimum atomic E-state index is -0.0969. The molecule has 0 unspecified atom stereocenters. The van der Waals surface area contributed by atoms with E-state index in [4.69, 9.17) is 0 Å². The highest BCUT2D eigenvalue weighted by molar-refractivity contribution is 5.95. The Hall–Kier alpha value is -2.82. The van der Waals surface area contributed by atoms with Crippen LogP contribution in [0.5, 0.6) is 0 Å². The van der Waals surface area contributed by atoms with Crippen molar-refractivity contribution in [1.29, 1.82) is 0 Å². The average Bonchev–Trinajstić information content (AvgIpc) is 2.68. The second-order valence-corrected chi connectivity index (χ2v) is 7.28. The molecule has 2 amide bonds. The van der Waals surface area contributed by atoms with Crippen molar-refractivity contribution in [2.24, 2.45) is 0 Å². The predicted molar refractivity (Wildman–Crippen MR) is 110 cm³/mol. The Morgan fingerprint density at radius 1 is 0.889 bits per heavy atom. The number of benzene rings is 2. The van der Waals surface area contributed by atoms with E-state index in [9.17, 15) is 9.59 Å². The van der Waals surface area contributed by atoms with Crippen molar-refractivity contribution in [1.82, 2.24) is 4.90 Å². The molecule has 0 radical (unpaired) electrons. The van der Waals surface area contributed by atoms with E-state index in [0.29, 0.717) is 30.3 Å². The van der Waals surface area contributed by atoms with Crippen LogP contribution in [0.3, 0.4) is 0 Å². The molecule has 3 rings (SSSR count). The second-order valence-electron chi connectivity index (χ2n) is 7.28. The molecular formula is C22H27N3O2. The molecule has 1 fully saturated rings. The Bertz CT molecular complexity index is 789. The minimum absolute atomic E-state index is 0.0189. The highest BCUT2D eigenvalue weighted by Gasteiger charge is 2.21. The number of carbonyl (C=O) groups is 2. The zero-order valence-electron chi connectivity index (χ0n) is 16.2. The maximum Gasteiger partial charge on any atom is 0.321 e. The molecule has 1 saturated heterocycles. The summed E-state index contributed by atoms with van der Waals surface area (Å²) in [5.41, 5.74) is 3.90. The molecule has 0 atom stereocenters. The van der Waals surface area contributed by atoms with Crippen LogP contribution in [0.25, 0.3) is 0 Å². The van der Waals surface area contributed by atoms with Crippen molar-refractivity contribution in [3.63, 3.8) is 0 Å². The average molecular weight is 365 g/mol. The maximum atomic E-state index is 12.5. The fourth-order valence-corrected chi connectivity index (χ4v) is 3.23. The third kappa shape index (κ3) is 4.67. The molecule has 5 nitrogen and oxygen atoms in total. The summed E-state index contributed by atoms with van der Waals surface area (Å²) in [6.45, 7) is 8.92. The van der Waals surface area contributed by atoms with E-state index in [1.807, 2.05) is 4.90 Å². The standard InChI is InChI=1S/C22H27N3O2/c1-16(2)18-6-10-21(11-7-18)24-12-14-25(15-13-24)22(27)23-20-8-4-19(5-9-20)17(3)26/h4-11,16H,12-15H2,1-3H3,(H,23,27). The first-order valence-corrected chi connectivity index (χ1v) is 9.46. The first kappa shape index (κ1) is 19.0. The van der Waals surface area contributed by atoms with Crippen LogP contribution < -0.4 is 10.2 Å². The van der Waals surface area contributed by atoms with Crippen molar-refractivity contribution in [3.8, 4) is 0 Å². The molecular weight excluding hydrogens is 338 g/mol. The van der Waals surface area contributed by atoms with Gasteiger partial charge in [0.2, 0.25) is 0 Å². The summed E-state index contributed by atoms with van der Waals surface area (Å²) >= 11 is 0. The summed E-state index contributed by atoms with van der Waals surface area (Å²) in [7, 11) is 0. The summed E-state index contributed by atoms with van der Waals surface area (Å²) < 4.78 is 0. The largest absolute Gasteiger partial charge is 0.368 e. The minimum Gasteiger partial charge on any atom is -0.368 e. The van der Waals surface area contributed by atoms with Crippen molar-refractivity contribution < 1.29 is 9.59 Å². The molecule has 0 saturated carbocycles. The smallest absolute Gasteiger partial charge is 0.321 e. The lowest BCUT2D eigenvalue weighted by atomic mass is 10.0. The first-order valence-electron chi connectivity index (χ1n) is 9.46. The number of hydrogen-bond donors (Lipinski definition) is 1. The zero-order chi connectivity index (χ0) is 19.4. The second kappa shape index (κ2) is 8.25. The van der Waals surface area contributed by atoms with Gasteiger partial charge in [0.1, 0.15) is 0 Å². The van der Waals surface area contributed by atoms with Gasteiger partial charge in [-0.3, -0.25) is 4.79 Å². The van der Waals surface area contributed by atoms with Crippen LogP contribution in [-0.2, 0) is 0 Å². The van der Waals surface area contributed by atoms with Crippen LogP contribution in [-0.4, -0.2) is 42.9 Å². The maximum absolute atomic E-state index is 12.5. The zero-order valence-corrected chi connectivity index (χ0v) is 16.2. The Morgan fingerprint density at radius 2 is 1.48 bits per heavy atom. The van der Waals surface area contributed by atoms with Crippen LogP contribution in [0.15, 0.2) is 48.5 Å². The molecule has 0 bridgehead atoms. The molecule has 5 heteroatoms. The van der Waals surface area contributed by atoms with Gasteiger partial charge in [0.15, 0.2) is 5.78 Å². The predicted octanol–water partition coefficient (Wildman–Crippen LogP) is 4.37. The molecule has 0 spiro atoms. The number of piperazine rings is 1. The van der Waals surface area contributed by atoms with Crippen LogP contribution in [0.1, 0.15) is 42.6 Å². The van der Waals surface area contributed by atoms with E-state index in [0.717, 1.165) is 13.1 Å². The summed E-state index contributed by atoms with van der Waals surface area (Å²) in [6, 6.07) is 15.6. The number of anilines is 2. The Balaban J connectivity index is 1.53. The van der Waals surface area contributed by atoms with Crippen molar-refractivity contribution in [2.75, 3.05) is 36.4 Å². The van der Waals surface area contributed by atoms with E-state index in [1.54, 1.807) is 24.3 Å². The number of Topliss-reactive ketones (excluding diaryl/α,β-unsaturated/α-hetero) is 1. The van der Waals surface area contributed by atoms with Gasteiger partial charge >= 0.3 is 6.03 Å². The monoisotopic (exact) mass is 365 g/mol. The fraction of sp³-hybridized carbons (Fsp3) is 0.364. The van der Waals surface area contributed by atoms with Crippen LogP contribution in [0, 0.1) is 0 Å². The molecule has 0 aliphatic carbocycles. The molecule has 2 aromatic carbocycles. The number of nitrogens with one attached hydrogen (secondary N) is 1. The highest BCUT2D eigenvalue weighted by atomic mass is 16.2. The number of rotatable bonds is 4. The summed E-state index contributed by atoms with van der Waals surface area (Å²) in [4.78, 5) is 28.0. The van der Waals surface area contributed by atoms with E-state index in [1.165, 1.54) is 18.2 Å². The van der Waals surface area contributed by atoms with E-state index in [-0.39, 0.29) is 11.8 Å². The third-order valence-electron chi connectivity index (χ3n) is 5.03. The fourth-order valence-electron chi connectivity index (χ4n) is 3.23. The van der Waals surface area contributed by atoms with Crippen molar-refractivity contribution >= 4 is 23.2 Å². The van der Waals surface area contributed by atoms with Crippen LogP contribution in [0.4, 0.5) is 16.2 Å². The van der Waals surface area contributed by atoms with Crippen LogP contribution >= 0.6 is 0 Å². The van der Waals surface area contributed by atoms with Crippen molar-refractivity contribution in [3.05, 3.63) is 59.7 Å². The van der Waals surface area contributed by atoms with E-state index >= 15 is 0 Å². The summed E-state index contributed by atoms with van der Waals surface area (Å²) in [5.74, 6) is 0.550. The number of amides is 2. The lowest BCUT2D eigenvalue weighted by Gasteiger charge is -2.36. The first-order chi connectivity index (χ1) is 12.9. The topological polar surface area (TPSA) is 52.7 Å². The van der Waals surface area contributed by atoms with Crippen molar-refractivity contribution in [2.45, 2.75) is 26.7 Å². The summed E-state index contributed by atoms with van der Waals surface area (Å²) in [6.07, 6.45) is 0. The number of carbonyl (C=O) groups excluding carboxylic acids is 2. The molecule has 2 aromatic rings. The lowest BCUT2D eigenvalue weighted by Crippen LogP contribution is -2.50.